The summed E-state index contributed by atoms with van der Waals surface area (Å²) in [5.41, 5.74) is 7.86. The SMILES string of the molecule is CCC(C)NC(=O)[C@@H](N)C1S[C@H](CNc2ccc(NC(=O)CCN3CCN(C)CC3)cc2)C(=O)N1CC. The first-order chi connectivity index (χ1) is 17.7. The third-order valence-corrected chi connectivity index (χ3v) is 8.56. The molecule has 37 heavy (non-hydrogen) atoms. The summed E-state index contributed by atoms with van der Waals surface area (Å²) >= 11 is 1.44. The fourth-order valence-corrected chi connectivity index (χ4v) is 5.83. The zero-order chi connectivity index (χ0) is 26.9. The fourth-order valence-electron chi connectivity index (χ4n) is 4.37. The second kappa shape index (κ2) is 14.0. The van der Waals surface area contributed by atoms with Gasteiger partial charge in [0.1, 0.15) is 16.7 Å². The lowest BCUT2D eigenvalue weighted by molar-refractivity contribution is -0.131. The Morgan fingerprint density at radius 2 is 1.76 bits per heavy atom. The van der Waals surface area contributed by atoms with Crippen molar-refractivity contribution in [3.63, 3.8) is 0 Å². The van der Waals surface area contributed by atoms with Gasteiger partial charge in [-0.2, -0.15) is 0 Å². The van der Waals surface area contributed by atoms with Crippen LogP contribution in [0.5, 0.6) is 0 Å². The molecule has 2 saturated heterocycles. The van der Waals surface area contributed by atoms with Gasteiger partial charge in [0.2, 0.25) is 17.7 Å². The number of nitrogens with two attached hydrogens (primary N) is 1. The Morgan fingerprint density at radius 1 is 1.11 bits per heavy atom. The number of thioether (sulfide) groups is 1. The summed E-state index contributed by atoms with van der Waals surface area (Å²) in [5.74, 6) is -0.235. The van der Waals surface area contributed by atoms with Gasteiger partial charge in [0.25, 0.3) is 0 Å². The van der Waals surface area contributed by atoms with Crippen LogP contribution in [0, 0.1) is 0 Å². The minimum Gasteiger partial charge on any atom is -0.383 e. The number of nitrogens with one attached hydrogen (secondary N) is 3. The predicted octanol–water partition coefficient (Wildman–Crippen LogP) is 1.21. The van der Waals surface area contributed by atoms with Crippen LogP contribution >= 0.6 is 11.8 Å². The van der Waals surface area contributed by atoms with Gasteiger partial charge in [-0.25, -0.2) is 0 Å². The highest BCUT2D eigenvalue weighted by Gasteiger charge is 2.44. The van der Waals surface area contributed by atoms with E-state index >= 15 is 0 Å². The molecule has 5 N–H and O–H groups in total. The molecule has 10 nitrogen and oxygen atoms in total. The Hall–Kier alpha value is -2.34. The molecule has 4 atom stereocenters. The van der Waals surface area contributed by atoms with Crippen LogP contribution in [0.1, 0.15) is 33.6 Å². The number of anilines is 2. The summed E-state index contributed by atoms with van der Waals surface area (Å²) in [4.78, 5) is 44.2. The minimum atomic E-state index is -0.785. The van der Waals surface area contributed by atoms with Crippen molar-refractivity contribution in [3.05, 3.63) is 24.3 Å². The average molecular weight is 534 g/mol. The Kier molecular flexibility index (Phi) is 11.0. The van der Waals surface area contributed by atoms with Gasteiger partial charge in [0, 0.05) is 69.7 Å². The van der Waals surface area contributed by atoms with Crippen LogP contribution in [-0.2, 0) is 14.4 Å². The Morgan fingerprint density at radius 3 is 2.38 bits per heavy atom. The quantitative estimate of drug-likeness (QED) is 0.316. The smallest absolute Gasteiger partial charge is 0.240 e. The van der Waals surface area contributed by atoms with Gasteiger partial charge in [-0.05, 0) is 51.6 Å². The molecule has 0 saturated carbocycles. The Balaban J connectivity index is 1.45. The van der Waals surface area contributed by atoms with Gasteiger partial charge in [-0.3, -0.25) is 14.4 Å². The van der Waals surface area contributed by atoms with Crippen molar-refractivity contribution in [2.24, 2.45) is 5.73 Å². The highest BCUT2D eigenvalue weighted by molar-refractivity contribution is 8.01. The molecular formula is C26H43N7O3S. The van der Waals surface area contributed by atoms with E-state index in [0.717, 1.165) is 50.5 Å². The van der Waals surface area contributed by atoms with E-state index in [-0.39, 0.29) is 29.0 Å². The van der Waals surface area contributed by atoms with Gasteiger partial charge in [0.05, 0.1) is 0 Å². The van der Waals surface area contributed by atoms with Crippen molar-refractivity contribution in [2.75, 3.05) is 63.5 Å². The molecule has 3 rings (SSSR count). The van der Waals surface area contributed by atoms with Crippen molar-refractivity contribution in [3.8, 4) is 0 Å². The highest BCUT2D eigenvalue weighted by atomic mass is 32.2. The van der Waals surface area contributed by atoms with Crippen LogP contribution in [0.25, 0.3) is 0 Å². The lowest BCUT2D eigenvalue weighted by atomic mass is 10.2. The molecule has 0 aromatic heterocycles. The molecule has 206 valence electrons. The summed E-state index contributed by atoms with van der Waals surface area (Å²) < 4.78 is 0. The topological polar surface area (TPSA) is 123 Å². The molecule has 0 bridgehead atoms. The van der Waals surface area contributed by atoms with Crippen LogP contribution in [-0.4, -0.2) is 108 Å². The van der Waals surface area contributed by atoms with E-state index in [1.807, 2.05) is 45.0 Å². The maximum Gasteiger partial charge on any atom is 0.240 e. The van der Waals surface area contributed by atoms with Gasteiger partial charge < -0.3 is 36.4 Å². The molecule has 2 heterocycles. The number of likely N-dealkylation sites (N-methyl/N-ethyl adjacent to an activating group) is 2. The molecular weight excluding hydrogens is 490 g/mol. The van der Waals surface area contributed by atoms with Crippen molar-refractivity contribution in [1.82, 2.24) is 20.0 Å². The number of hydrogen-bond donors (Lipinski definition) is 4. The van der Waals surface area contributed by atoms with Gasteiger partial charge >= 0.3 is 0 Å². The molecule has 0 radical (unpaired) electrons. The third-order valence-electron chi connectivity index (χ3n) is 7.03. The summed E-state index contributed by atoms with van der Waals surface area (Å²) in [6.07, 6.45) is 1.29. The molecule has 2 unspecified atom stereocenters. The van der Waals surface area contributed by atoms with Gasteiger partial charge in [0.15, 0.2) is 0 Å². The zero-order valence-corrected chi connectivity index (χ0v) is 23.4. The number of amides is 3. The normalized spacial score (nSPS) is 22.5. The van der Waals surface area contributed by atoms with Crippen LogP contribution in [0.3, 0.4) is 0 Å². The first-order valence-electron chi connectivity index (χ1n) is 13.3. The highest BCUT2D eigenvalue weighted by Crippen LogP contribution is 2.33. The summed E-state index contributed by atoms with van der Waals surface area (Å²) in [7, 11) is 2.12. The molecule has 2 fully saturated rings. The van der Waals surface area contributed by atoms with Crippen LogP contribution in [0.2, 0.25) is 0 Å². The Labute approximate surface area is 225 Å². The molecule has 2 aliphatic rings. The van der Waals surface area contributed by atoms with Crippen LogP contribution in [0.15, 0.2) is 24.3 Å². The molecule has 0 spiro atoms. The first kappa shape index (κ1) is 29.2. The molecule has 11 heteroatoms. The number of hydrogen-bond acceptors (Lipinski definition) is 8. The van der Waals surface area contributed by atoms with Crippen LogP contribution in [0.4, 0.5) is 11.4 Å². The standard InChI is InChI=1S/C26H43N7O3S/c1-5-18(3)29-24(35)23(27)26-33(6-2)25(36)21(37-26)17-28-19-7-9-20(10-8-19)30-22(34)11-12-32-15-13-31(4)14-16-32/h7-10,18,21,23,26,28H,5-6,11-17,27H2,1-4H3,(H,29,35)(H,30,34)/t18?,21-,23-,26?/m1/s1. The summed E-state index contributed by atoms with van der Waals surface area (Å²) in [6, 6.07) is 6.75. The number of rotatable bonds is 12. The van der Waals surface area contributed by atoms with Crippen molar-refractivity contribution >= 4 is 40.9 Å². The lowest BCUT2D eigenvalue weighted by Gasteiger charge is -2.32. The molecule has 1 aromatic carbocycles. The predicted molar refractivity (Wildman–Crippen MR) is 151 cm³/mol. The Bertz CT molecular complexity index is 908. The fraction of sp³-hybridized carbons (Fsp3) is 0.654. The number of carbonyl (C=O) groups is 3. The van der Waals surface area contributed by atoms with E-state index in [1.165, 1.54) is 11.8 Å². The number of benzene rings is 1. The van der Waals surface area contributed by atoms with E-state index in [0.29, 0.717) is 19.5 Å². The monoisotopic (exact) mass is 533 g/mol. The van der Waals surface area contributed by atoms with E-state index in [2.05, 4.69) is 32.8 Å². The van der Waals surface area contributed by atoms with Crippen molar-refractivity contribution in [1.29, 1.82) is 0 Å². The molecule has 2 aliphatic heterocycles. The minimum absolute atomic E-state index is 0.00648. The number of piperazine rings is 1. The lowest BCUT2D eigenvalue weighted by Crippen LogP contribution is -2.54. The molecule has 1 aromatic rings. The number of carbonyl (C=O) groups excluding carboxylic acids is 3. The second-order valence-corrected chi connectivity index (χ2v) is 11.2. The van der Waals surface area contributed by atoms with Crippen molar-refractivity contribution in [2.45, 2.75) is 56.3 Å². The second-order valence-electron chi connectivity index (χ2n) is 9.88. The van der Waals surface area contributed by atoms with E-state index in [4.69, 9.17) is 5.73 Å². The van der Waals surface area contributed by atoms with E-state index in [9.17, 15) is 14.4 Å². The summed E-state index contributed by atoms with van der Waals surface area (Å²) in [6.45, 7) is 11.6. The molecule has 0 aliphatic carbocycles. The van der Waals surface area contributed by atoms with Crippen molar-refractivity contribution < 1.29 is 14.4 Å². The number of nitrogens with zero attached hydrogens (tertiary/aromatic N) is 3. The maximum atomic E-state index is 13.0. The third kappa shape index (κ3) is 8.33. The average Bonchev–Trinajstić information content (AvgIpc) is 3.22. The van der Waals surface area contributed by atoms with Crippen LogP contribution < -0.4 is 21.7 Å². The molecule has 3 amide bonds. The van der Waals surface area contributed by atoms with Gasteiger partial charge in [-0.1, -0.05) is 6.92 Å². The largest absolute Gasteiger partial charge is 0.383 e. The summed E-state index contributed by atoms with van der Waals surface area (Å²) in [5, 5.41) is 8.47. The maximum absolute atomic E-state index is 13.0. The van der Waals surface area contributed by atoms with E-state index in [1.54, 1.807) is 4.90 Å². The first-order valence-corrected chi connectivity index (χ1v) is 14.2. The van der Waals surface area contributed by atoms with Gasteiger partial charge in [-0.15, -0.1) is 11.8 Å². The van der Waals surface area contributed by atoms with E-state index < -0.39 is 11.4 Å². The zero-order valence-electron chi connectivity index (χ0n) is 22.5.